The number of fused-ring (bicyclic) bond motifs is 5. The number of rotatable bonds is 3. The molecule has 2 bridgehead atoms. The van der Waals surface area contributed by atoms with E-state index in [4.69, 9.17) is 0 Å². The normalized spacial score (nSPS) is 44.3. The molecular formula is C18H27NO2. The molecule has 21 heavy (non-hydrogen) atoms. The molecule has 0 aromatic carbocycles. The Morgan fingerprint density at radius 2 is 1.71 bits per heavy atom. The number of likely N-dealkylation sites (tertiary alicyclic amines) is 1. The van der Waals surface area contributed by atoms with Crippen molar-refractivity contribution in [2.75, 3.05) is 6.54 Å². The highest BCUT2D eigenvalue weighted by molar-refractivity contribution is 5.84. The van der Waals surface area contributed by atoms with Crippen LogP contribution < -0.4 is 0 Å². The zero-order valence-electron chi connectivity index (χ0n) is 13.1. The van der Waals surface area contributed by atoms with Gasteiger partial charge in [0.2, 0.25) is 5.91 Å². The molecule has 4 aliphatic rings. The Morgan fingerprint density at radius 1 is 1.00 bits per heavy atom. The lowest BCUT2D eigenvalue weighted by Crippen LogP contribution is -2.42. The average molecular weight is 289 g/mol. The summed E-state index contributed by atoms with van der Waals surface area (Å²) in [7, 11) is 0. The first-order valence-electron chi connectivity index (χ1n) is 8.96. The maximum Gasteiger partial charge on any atom is 0.226 e. The van der Waals surface area contributed by atoms with Crippen LogP contribution in [0, 0.1) is 29.6 Å². The van der Waals surface area contributed by atoms with Crippen LogP contribution in [0.3, 0.4) is 0 Å². The standard InChI is InChI=1S/C18H27NO2/c1-11(20)9-14-5-3-2-4-8-19(14)18(21)17-15-12-6-7-13(10-12)16(15)17/h12-17H,2-10H2,1H3. The van der Waals surface area contributed by atoms with E-state index in [0.717, 1.165) is 43.1 Å². The first-order valence-corrected chi connectivity index (χ1v) is 8.96. The smallest absolute Gasteiger partial charge is 0.226 e. The van der Waals surface area contributed by atoms with E-state index in [1.54, 1.807) is 6.92 Å². The molecule has 1 saturated heterocycles. The van der Waals surface area contributed by atoms with E-state index in [1.807, 2.05) is 0 Å². The highest BCUT2D eigenvalue weighted by Gasteiger charge is 2.68. The number of carbonyl (C=O) groups is 2. The number of hydrogen-bond acceptors (Lipinski definition) is 2. The lowest BCUT2D eigenvalue weighted by atomic mass is 9.99. The molecule has 5 atom stereocenters. The Hall–Kier alpha value is -0.860. The van der Waals surface area contributed by atoms with Crippen LogP contribution in [0.15, 0.2) is 0 Å². The summed E-state index contributed by atoms with van der Waals surface area (Å²) in [5.41, 5.74) is 0. The van der Waals surface area contributed by atoms with Gasteiger partial charge in [-0.25, -0.2) is 0 Å². The third-order valence-electron chi connectivity index (χ3n) is 6.70. The zero-order chi connectivity index (χ0) is 14.6. The molecule has 3 nitrogen and oxygen atoms in total. The largest absolute Gasteiger partial charge is 0.339 e. The third kappa shape index (κ3) is 2.24. The molecular weight excluding hydrogens is 262 g/mol. The van der Waals surface area contributed by atoms with E-state index in [1.165, 1.54) is 32.1 Å². The second kappa shape index (κ2) is 5.10. The van der Waals surface area contributed by atoms with Crippen molar-refractivity contribution in [3.05, 3.63) is 0 Å². The van der Waals surface area contributed by atoms with Crippen LogP contribution in [-0.4, -0.2) is 29.2 Å². The summed E-state index contributed by atoms with van der Waals surface area (Å²) in [4.78, 5) is 26.7. The van der Waals surface area contributed by atoms with Crippen LogP contribution in [0.2, 0.25) is 0 Å². The predicted molar refractivity (Wildman–Crippen MR) is 80.6 cm³/mol. The highest BCUT2D eigenvalue weighted by Crippen LogP contribution is 2.69. The summed E-state index contributed by atoms with van der Waals surface area (Å²) in [5, 5.41) is 0. The molecule has 1 aliphatic heterocycles. The van der Waals surface area contributed by atoms with Crippen LogP contribution in [0.5, 0.6) is 0 Å². The van der Waals surface area contributed by atoms with Gasteiger partial charge in [-0.3, -0.25) is 9.59 Å². The minimum Gasteiger partial charge on any atom is -0.339 e. The Labute approximate surface area is 127 Å². The lowest BCUT2D eigenvalue weighted by molar-refractivity contribution is -0.136. The van der Waals surface area contributed by atoms with Gasteiger partial charge in [-0.2, -0.15) is 0 Å². The third-order valence-corrected chi connectivity index (χ3v) is 6.70. The fourth-order valence-corrected chi connectivity index (χ4v) is 5.86. The van der Waals surface area contributed by atoms with Gasteiger partial charge in [0.15, 0.2) is 0 Å². The number of carbonyl (C=O) groups excluding carboxylic acids is 2. The second-order valence-corrected chi connectivity index (χ2v) is 7.95. The molecule has 0 N–H and O–H groups in total. The summed E-state index contributed by atoms with van der Waals surface area (Å²) in [6.45, 7) is 2.56. The summed E-state index contributed by atoms with van der Waals surface area (Å²) in [5.74, 6) is 4.13. The minimum atomic E-state index is 0.191. The molecule has 0 radical (unpaired) electrons. The number of nitrogens with zero attached hydrogens (tertiary/aromatic N) is 1. The van der Waals surface area contributed by atoms with Gasteiger partial charge in [0.25, 0.3) is 0 Å². The fourth-order valence-electron chi connectivity index (χ4n) is 5.86. The number of amides is 1. The van der Waals surface area contributed by atoms with Gasteiger partial charge in [0, 0.05) is 24.9 Å². The first-order chi connectivity index (χ1) is 10.2. The van der Waals surface area contributed by atoms with E-state index in [0.29, 0.717) is 18.2 Å². The van der Waals surface area contributed by atoms with Crippen LogP contribution in [0.25, 0.3) is 0 Å². The Balaban J connectivity index is 1.48. The Kier molecular flexibility index (Phi) is 3.35. The highest BCUT2D eigenvalue weighted by atomic mass is 16.2. The minimum absolute atomic E-state index is 0.191. The van der Waals surface area contributed by atoms with E-state index in [-0.39, 0.29) is 11.8 Å². The van der Waals surface area contributed by atoms with Crippen molar-refractivity contribution in [3.63, 3.8) is 0 Å². The van der Waals surface area contributed by atoms with Crippen LogP contribution in [0.1, 0.15) is 58.3 Å². The Bertz CT molecular complexity index is 444. The van der Waals surface area contributed by atoms with Gasteiger partial charge in [-0.15, -0.1) is 0 Å². The van der Waals surface area contributed by atoms with Crippen molar-refractivity contribution in [1.82, 2.24) is 4.90 Å². The van der Waals surface area contributed by atoms with Crippen LogP contribution in [0.4, 0.5) is 0 Å². The fraction of sp³-hybridized carbons (Fsp3) is 0.889. The Morgan fingerprint density at radius 3 is 2.38 bits per heavy atom. The molecule has 1 heterocycles. The van der Waals surface area contributed by atoms with Crippen molar-refractivity contribution in [2.45, 2.75) is 64.3 Å². The SMILES string of the molecule is CC(=O)CC1CCCCCN1C(=O)C1C2C3CCC(C3)C12. The summed E-state index contributed by atoms with van der Waals surface area (Å²) >= 11 is 0. The molecule has 0 spiro atoms. The maximum absolute atomic E-state index is 13.1. The average Bonchev–Trinajstić information content (AvgIpc) is 3.00. The topological polar surface area (TPSA) is 37.4 Å². The van der Waals surface area contributed by atoms with Crippen molar-refractivity contribution >= 4 is 11.7 Å². The summed E-state index contributed by atoms with van der Waals surface area (Å²) < 4.78 is 0. The lowest BCUT2D eigenvalue weighted by Gasteiger charge is -2.30. The molecule has 5 unspecified atom stereocenters. The monoisotopic (exact) mass is 289 g/mol. The molecule has 4 rings (SSSR count). The van der Waals surface area contributed by atoms with Gasteiger partial charge in [-0.1, -0.05) is 12.8 Å². The van der Waals surface area contributed by atoms with Gasteiger partial charge in [0.05, 0.1) is 0 Å². The molecule has 1 amide bonds. The summed E-state index contributed by atoms with van der Waals surface area (Å²) in [6, 6.07) is 0.191. The van der Waals surface area contributed by atoms with Crippen LogP contribution in [-0.2, 0) is 9.59 Å². The van der Waals surface area contributed by atoms with Crippen molar-refractivity contribution in [1.29, 1.82) is 0 Å². The van der Waals surface area contributed by atoms with E-state index in [9.17, 15) is 9.59 Å². The molecule has 3 saturated carbocycles. The van der Waals surface area contributed by atoms with Crippen molar-refractivity contribution in [2.24, 2.45) is 29.6 Å². The second-order valence-electron chi connectivity index (χ2n) is 7.95. The van der Waals surface area contributed by atoms with E-state index < -0.39 is 0 Å². The molecule has 4 fully saturated rings. The first kappa shape index (κ1) is 13.8. The predicted octanol–water partition coefficient (Wildman–Crippen LogP) is 3.03. The number of ketones is 1. The zero-order valence-corrected chi connectivity index (χ0v) is 13.1. The summed E-state index contributed by atoms with van der Waals surface area (Å²) in [6.07, 6.45) is 9.23. The van der Waals surface area contributed by atoms with Crippen LogP contribution >= 0.6 is 0 Å². The maximum atomic E-state index is 13.1. The molecule has 3 heteroatoms. The van der Waals surface area contributed by atoms with Gasteiger partial charge >= 0.3 is 0 Å². The molecule has 3 aliphatic carbocycles. The van der Waals surface area contributed by atoms with Gasteiger partial charge < -0.3 is 4.90 Å². The van der Waals surface area contributed by atoms with Gasteiger partial charge in [0.1, 0.15) is 5.78 Å². The molecule has 0 aromatic rings. The number of Topliss-reactive ketones (excluding diaryl/α,β-unsaturated/α-hetero) is 1. The quantitative estimate of drug-likeness (QED) is 0.801. The van der Waals surface area contributed by atoms with Crippen molar-refractivity contribution in [3.8, 4) is 0 Å². The van der Waals surface area contributed by atoms with Gasteiger partial charge in [-0.05, 0) is 62.7 Å². The molecule has 0 aromatic heterocycles. The van der Waals surface area contributed by atoms with E-state index >= 15 is 0 Å². The number of hydrogen-bond donors (Lipinski definition) is 0. The van der Waals surface area contributed by atoms with E-state index in [2.05, 4.69) is 4.90 Å². The molecule has 116 valence electrons. The van der Waals surface area contributed by atoms with Crippen molar-refractivity contribution < 1.29 is 9.59 Å².